The van der Waals surface area contributed by atoms with Crippen LogP contribution in [0, 0.1) is 11.7 Å². The molecule has 0 amide bonds. The summed E-state index contributed by atoms with van der Waals surface area (Å²) in [5.41, 5.74) is 1.20. The van der Waals surface area contributed by atoms with Crippen LogP contribution >= 0.6 is 0 Å². The molecule has 17 heavy (non-hydrogen) atoms. The van der Waals surface area contributed by atoms with Gasteiger partial charge in [-0.2, -0.15) is 0 Å². The summed E-state index contributed by atoms with van der Waals surface area (Å²) in [5.74, 6) is 0.698. The Kier molecular flexibility index (Phi) is 4.95. The van der Waals surface area contributed by atoms with Gasteiger partial charge in [-0.3, -0.25) is 0 Å². The van der Waals surface area contributed by atoms with E-state index in [1.165, 1.54) is 43.6 Å². The van der Waals surface area contributed by atoms with Crippen LogP contribution in [0.3, 0.4) is 0 Å². The van der Waals surface area contributed by atoms with Gasteiger partial charge in [0.2, 0.25) is 0 Å². The summed E-state index contributed by atoms with van der Waals surface area (Å²) in [5, 5.41) is 6.83. The van der Waals surface area contributed by atoms with Crippen molar-refractivity contribution in [2.45, 2.75) is 19.3 Å². The van der Waals surface area contributed by atoms with Crippen LogP contribution in [0.4, 0.5) is 4.39 Å². The standard InChI is InChI=1S/C14H21FN2/c15-14-3-1-12(2-4-14)5-8-16-9-6-13-7-10-17-11-13/h1-4,13,16-17H,5-11H2. The Hall–Kier alpha value is -0.930. The van der Waals surface area contributed by atoms with Gasteiger partial charge in [0.25, 0.3) is 0 Å². The second kappa shape index (κ2) is 6.72. The highest BCUT2D eigenvalue weighted by Gasteiger charge is 2.12. The van der Waals surface area contributed by atoms with Crippen molar-refractivity contribution in [2.75, 3.05) is 26.2 Å². The van der Waals surface area contributed by atoms with Crippen LogP contribution in [0.5, 0.6) is 0 Å². The summed E-state index contributed by atoms with van der Waals surface area (Å²) >= 11 is 0. The molecule has 0 aromatic heterocycles. The third-order valence-corrected chi connectivity index (χ3v) is 3.40. The van der Waals surface area contributed by atoms with Gasteiger partial charge in [0.05, 0.1) is 0 Å². The van der Waals surface area contributed by atoms with Crippen LogP contribution in [0.1, 0.15) is 18.4 Å². The minimum Gasteiger partial charge on any atom is -0.316 e. The fraction of sp³-hybridized carbons (Fsp3) is 0.571. The maximum atomic E-state index is 12.7. The normalized spacial score (nSPS) is 19.7. The number of benzene rings is 1. The number of nitrogens with one attached hydrogen (secondary N) is 2. The Balaban J connectivity index is 1.55. The first kappa shape index (κ1) is 12.5. The number of rotatable bonds is 6. The molecule has 0 aliphatic carbocycles. The van der Waals surface area contributed by atoms with E-state index in [0.717, 1.165) is 25.4 Å². The number of hydrogen-bond donors (Lipinski definition) is 2. The quantitative estimate of drug-likeness (QED) is 0.738. The summed E-state index contributed by atoms with van der Waals surface area (Å²) < 4.78 is 12.7. The van der Waals surface area contributed by atoms with Crippen LogP contribution in [-0.2, 0) is 6.42 Å². The van der Waals surface area contributed by atoms with Gasteiger partial charge < -0.3 is 10.6 Å². The van der Waals surface area contributed by atoms with Crippen molar-refractivity contribution in [1.82, 2.24) is 10.6 Å². The lowest BCUT2D eigenvalue weighted by molar-refractivity contribution is 0.501. The summed E-state index contributed by atoms with van der Waals surface area (Å²) in [6.45, 7) is 4.43. The molecule has 1 aliphatic heterocycles. The Morgan fingerprint density at radius 2 is 2.06 bits per heavy atom. The van der Waals surface area contributed by atoms with Gasteiger partial charge in [-0.15, -0.1) is 0 Å². The lowest BCUT2D eigenvalue weighted by Crippen LogP contribution is -2.21. The van der Waals surface area contributed by atoms with Crippen LogP contribution in [0.25, 0.3) is 0 Å². The van der Waals surface area contributed by atoms with Crippen molar-refractivity contribution in [3.8, 4) is 0 Å². The second-order valence-corrected chi connectivity index (χ2v) is 4.77. The van der Waals surface area contributed by atoms with E-state index < -0.39 is 0 Å². The zero-order valence-corrected chi connectivity index (χ0v) is 10.2. The lowest BCUT2D eigenvalue weighted by Gasteiger charge is -2.09. The van der Waals surface area contributed by atoms with Crippen molar-refractivity contribution >= 4 is 0 Å². The van der Waals surface area contributed by atoms with Crippen molar-refractivity contribution in [2.24, 2.45) is 5.92 Å². The number of hydrogen-bond acceptors (Lipinski definition) is 2. The summed E-state index contributed by atoms with van der Waals surface area (Å²) in [6, 6.07) is 6.77. The first-order valence-corrected chi connectivity index (χ1v) is 6.50. The fourth-order valence-electron chi connectivity index (χ4n) is 2.28. The predicted molar refractivity (Wildman–Crippen MR) is 68.6 cm³/mol. The fourth-order valence-corrected chi connectivity index (χ4v) is 2.28. The average Bonchev–Trinajstić information content (AvgIpc) is 2.84. The molecule has 1 fully saturated rings. The molecule has 1 aromatic carbocycles. The highest BCUT2D eigenvalue weighted by atomic mass is 19.1. The van der Waals surface area contributed by atoms with E-state index in [4.69, 9.17) is 0 Å². The SMILES string of the molecule is Fc1ccc(CCNCCC2CCNC2)cc1. The maximum Gasteiger partial charge on any atom is 0.123 e. The van der Waals surface area contributed by atoms with Gasteiger partial charge in [0.15, 0.2) is 0 Å². The molecule has 0 bridgehead atoms. The van der Waals surface area contributed by atoms with E-state index in [-0.39, 0.29) is 5.82 Å². The molecule has 2 N–H and O–H groups in total. The van der Waals surface area contributed by atoms with E-state index in [2.05, 4.69) is 10.6 Å². The van der Waals surface area contributed by atoms with Crippen molar-refractivity contribution < 1.29 is 4.39 Å². The molecule has 1 aliphatic rings. The van der Waals surface area contributed by atoms with E-state index >= 15 is 0 Å². The molecule has 1 aromatic rings. The molecular formula is C14H21FN2. The van der Waals surface area contributed by atoms with Crippen LogP contribution in [0.2, 0.25) is 0 Å². The molecule has 0 radical (unpaired) electrons. The average molecular weight is 236 g/mol. The minimum atomic E-state index is -0.157. The highest BCUT2D eigenvalue weighted by molar-refractivity contribution is 5.16. The Labute approximate surface area is 103 Å². The monoisotopic (exact) mass is 236 g/mol. The molecule has 1 atom stereocenters. The largest absolute Gasteiger partial charge is 0.316 e. The summed E-state index contributed by atoms with van der Waals surface area (Å²) in [7, 11) is 0. The Morgan fingerprint density at radius 3 is 2.76 bits per heavy atom. The van der Waals surface area contributed by atoms with Crippen molar-refractivity contribution in [3.63, 3.8) is 0 Å². The first-order chi connectivity index (χ1) is 8.34. The molecule has 1 saturated heterocycles. The third-order valence-electron chi connectivity index (χ3n) is 3.40. The molecule has 3 heteroatoms. The maximum absolute atomic E-state index is 12.7. The first-order valence-electron chi connectivity index (χ1n) is 6.50. The summed E-state index contributed by atoms with van der Waals surface area (Å²) in [4.78, 5) is 0. The van der Waals surface area contributed by atoms with Gasteiger partial charge >= 0.3 is 0 Å². The van der Waals surface area contributed by atoms with Crippen molar-refractivity contribution in [1.29, 1.82) is 0 Å². The van der Waals surface area contributed by atoms with Gasteiger partial charge in [-0.05, 0) is 69.1 Å². The predicted octanol–water partition coefficient (Wildman–Crippen LogP) is 1.96. The number of halogens is 1. The Morgan fingerprint density at radius 1 is 1.24 bits per heavy atom. The molecule has 1 heterocycles. The van der Waals surface area contributed by atoms with E-state index in [0.29, 0.717) is 0 Å². The molecule has 94 valence electrons. The molecular weight excluding hydrogens is 215 g/mol. The summed E-state index contributed by atoms with van der Waals surface area (Å²) in [6.07, 6.45) is 3.55. The van der Waals surface area contributed by atoms with Gasteiger partial charge in [-0.1, -0.05) is 12.1 Å². The molecule has 0 saturated carbocycles. The van der Waals surface area contributed by atoms with Gasteiger partial charge in [0, 0.05) is 0 Å². The zero-order chi connectivity index (χ0) is 11.9. The smallest absolute Gasteiger partial charge is 0.123 e. The van der Waals surface area contributed by atoms with Crippen LogP contribution < -0.4 is 10.6 Å². The lowest BCUT2D eigenvalue weighted by atomic mass is 10.1. The van der Waals surface area contributed by atoms with E-state index in [1.54, 1.807) is 0 Å². The van der Waals surface area contributed by atoms with Gasteiger partial charge in [-0.25, -0.2) is 4.39 Å². The highest BCUT2D eigenvalue weighted by Crippen LogP contribution is 2.10. The molecule has 0 spiro atoms. The van der Waals surface area contributed by atoms with Crippen LogP contribution in [0.15, 0.2) is 24.3 Å². The zero-order valence-electron chi connectivity index (χ0n) is 10.2. The van der Waals surface area contributed by atoms with Gasteiger partial charge in [0.1, 0.15) is 5.82 Å². The topological polar surface area (TPSA) is 24.1 Å². The second-order valence-electron chi connectivity index (χ2n) is 4.77. The molecule has 2 nitrogen and oxygen atoms in total. The molecule has 2 rings (SSSR count). The Bertz CT molecular complexity index is 317. The van der Waals surface area contributed by atoms with Crippen molar-refractivity contribution in [3.05, 3.63) is 35.6 Å². The van der Waals surface area contributed by atoms with E-state index in [9.17, 15) is 4.39 Å². The third kappa shape index (κ3) is 4.44. The molecule has 1 unspecified atom stereocenters. The van der Waals surface area contributed by atoms with Crippen LogP contribution in [-0.4, -0.2) is 26.2 Å². The minimum absolute atomic E-state index is 0.157. The van der Waals surface area contributed by atoms with E-state index in [1.807, 2.05) is 12.1 Å².